The van der Waals surface area contributed by atoms with Crippen molar-refractivity contribution in [1.29, 1.82) is 0 Å². The van der Waals surface area contributed by atoms with Crippen LogP contribution in [0.15, 0.2) is 23.3 Å². The number of nitrogens with one attached hydrogen (secondary N) is 1. The van der Waals surface area contributed by atoms with Gasteiger partial charge < -0.3 is 9.64 Å². The number of H-pyrrole nitrogens is 1. The lowest BCUT2D eigenvalue weighted by Crippen LogP contribution is -2.26. The van der Waals surface area contributed by atoms with Gasteiger partial charge >= 0.3 is 5.69 Å². The molecule has 0 saturated carbocycles. The van der Waals surface area contributed by atoms with Gasteiger partial charge in [0, 0.05) is 25.9 Å². The summed E-state index contributed by atoms with van der Waals surface area (Å²) in [5.41, 5.74) is 0.153. The average Bonchev–Trinajstić information content (AvgIpc) is 2.91. The van der Waals surface area contributed by atoms with E-state index in [9.17, 15) is 9.18 Å². The van der Waals surface area contributed by atoms with Crippen LogP contribution in [0.1, 0.15) is 19.8 Å². The summed E-state index contributed by atoms with van der Waals surface area (Å²) in [6.07, 6.45) is 4.23. The van der Waals surface area contributed by atoms with Crippen molar-refractivity contribution in [3.05, 3.63) is 34.8 Å². The van der Waals surface area contributed by atoms with E-state index in [1.807, 2.05) is 18.9 Å². The molecule has 1 aliphatic heterocycles. The summed E-state index contributed by atoms with van der Waals surface area (Å²) >= 11 is 0. The molecule has 9 heteroatoms. The van der Waals surface area contributed by atoms with Gasteiger partial charge in [0.2, 0.25) is 5.95 Å². The first-order valence-corrected chi connectivity index (χ1v) is 8.05. The number of ether oxygens (including phenoxy) is 1. The monoisotopic (exact) mass is 344 g/mol. The Morgan fingerprint density at radius 2 is 2.24 bits per heavy atom. The minimum atomic E-state index is -0.694. The summed E-state index contributed by atoms with van der Waals surface area (Å²) in [4.78, 5) is 29.4. The van der Waals surface area contributed by atoms with Gasteiger partial charge in [-0.05, 0) is 19.8 Å². The van der Waals surface area contributed by atoms with Gasteiger partial charge in [-0.3, -0.25) is 4.98 Å². The van der Waals surface area contributed by atoms with Gasteiger partial charge in [0.25, 0.3) is 0 Å². The number of hydrogen-bond acceptors (Lipinski definition) is 6. The van der Waals surface area contributed by atoms with Crippen LogP contribution in [0.5, 0.6) is 5.75 Å². The van der Waals surface area contributed by atoms with Crippen molar-refractivity contribution in [2.24, 2.45) is 0 Å². The summed E-state index contributed by atoms with van der Waals surface area (Å²) in [7, 11) is 1.83. The first-order chi connectivity index (χ1) is 12.0. The number of hydrogen-bond donors (Lipinski definition) is 1. The van der Waals surface area contributed by atoms with Crippen molar-refractivity contribution in [3.8, 4) is 11.6 Å². The van der Waals surface area contributed by atoms with E-state index in [-0.39, 0.29) is 11.9 Å². The van der Waals surface area contributed by atoms with Crippen LogP contribution >= 0.6 is 0 Å². The largest absolute Gasteiger partial charge is 0.488 e. The van der Waals surface area contributed by atoms with Crippen LogP contribution in [0.25, 0.3) is 17.0 Å². The third-order valence-electron chi connectivity index (χ3n) is 4.24. The smallest absolute Gasteiger partial charge is 0.333 e. The molecule has 3 aromatic rings. The molecule has 0 unspecified atom stereocenters. The summed E-state index contributed by atoms with van der Waals surface area (Å²) < 4.78 is 21.6. The number of imidazole rings is 1. The normalized spacial score (nSPS) is 17.7. The van der Waals surface area contributed by atoms with Gasteiger partial charge in [0.1, 0.15) is 11.3 Å². The predicted molar refractivity (Wildman–Crippen MR) is 89.8 cm³/mol. The van der Waals surface area contributed by atoms with Crippen LogP contribution in [-0.4, -0.2) is 44.2 Å². The fourth-order valence-corrected chi connectivity index (χ4v) is 2.98. The van der Waals surface area contributed by atoms with Crippen LogP contribution in [0.3, 0.4) is 0 Å². The summed E-state index contributed by atoms with van der Waals surface area (Å²) in [5, 5.41) is 0. The van der Waals surface area contributed by atoms with Gasteiger partial charge in [-0.15, -0.1) is 0 Å². The second kappa shape index (κ2) is 5.83. The molecule has 130 valence electrons. The molecule has 3 aromatic heterocycles. The molecule has 1 atom stereocenters. The molecule has 0 spiro atoms. The van der Waals surface area contributed by atoms with Gasteiger partial charge in [0.05, 0.1) is 12.3 Å². The van der Waals surface area contributed by atoms with E-state index in [2.05, 4.69) is 19.9 Å². The van der Waals surface area contributed by atoms with Crippen molar-refractivity contribution in [1.82, 2.24) is 24.5 Å². The first-order valence-electron chi connectivity index (χ1n) is 8.05. The Hall–Kier alpha value is -2.97. The third kappa shape index (κ3) is 2.61. The molecule has 1 N–H and O–H groups in total. The highest BCUT2D eigenvalue weighted by Gasteiger charge is 2.22. The molecule has 4 heterocycles. The Morgan fingerprint density at radius 1 is 1.40 bits per heavy atom. The van der Waals surface area contributed by atoms with Gasteiger partial charge in [-0.2, -0.15) is 4.98 Å². The zero-order valence-corrected chi connectivity index (χ0v) is 13.9. The van der Waals surface area contributed by atoms with Gasteiger partial charge in [-0.25, -0.2) is 23.7 Å². The summed E-state index contributed by atoms with van der Waals surface area (Å²) in [5.74, 6) is 0.000753. The lowest BCUT2D eigenvalue weighted by Gasteiger charge is -2.21. The second-order valence-electron chi connectivity index (χ2n) is 6.11. The molecule has 0 aliphatic carbocycles. The van der Waals surface area contributed by atoms with E-state index in [4.69, 9.17) is 4.74 Å². The third-order valence-corrected chi connectivity index (χ3v) is 4.24. The van der Waals surface area contributed by atoms with Crippen molar-refractivity contribution >= 4 is 17.1 Å². The minimum absolute atomic E-state index is 0.0685. The molecule has 0 amide bonds. The zero-order chi connectivity index (χ0) is 17.6. The van der Waals surface area contributed by atoms with E-state index >= 15 is 0 Å². The Bertz CT molecular complexity index is 998. The Balaban J connectivity index is 2.05. The molecule has 1 aliphatic rings. The zero-order valence-electron chi connectivity index (χ0n) is 13.9. The van der Waals surface area contributed by atoms with Crippen LogP contribution < -0.4 is 15.3 Å². The number of aromatic nitrogens is 5. The summed E-state index contributed by atoms with van der Waals surface area (Å²) in [6, 6.07) is 1.67. The average molecular weight is 344 g/mol. The standard InChI is InChI=1S/C16H17FN6O2/c1-9-4-3-7-22(2)15-19-8-10(17)14(21-15)23-12-11(25-9)5-6-18-13(12)20-16(23)24/h5-6,8-9H,3-4,7H2,1-2H3,(H,18,20,24)/t9-/m1/s1. The number of anilines is 1. The molecule has 4 rings (SSSR count). The Labute approximate surface area is 142 Å². The number of nitrogens with zero attached hydrogens (tertiary/aromatic N) is 5. The van der Waals surface area contributed by atoms with Crippen LogP contribution in [0.2, 0.25) is 0 Å². The highest BCUT2D eigenvalue weighted by Crippen LogP contribution is 2.27. The van der Waals surface area contributed by atoms with Crippen LogP contribution in [0, 0.1) is 5.82 Å². The second-order valence-corrected chi connectivity index (χ2v) is 6.11. The lowest BCUT2D eigenvalue weighted by molar-refractivity contribution is 0.210. The minimum Gasteiger partial charge on any atom is -0.488 e. The van der Waals surface area contributed by atoms with Gasteiger partial charge in [-0.1, -0.05) is 0 Å². The van der Waals surface area contributed by atoms with Crippen molar-refractivity contribution in [3.63, 3.8) is 0 Å². The number of fused-ring (bicyclic) bond motifs is 3. The topological polar surface area (TPSA) is 88.9 Å². The number of halogens is 1. The molecular formula is C16H17FN6O2. The fraction of sp³-hybridized carbons (Fsp3) is 0.375. The van der Waals surface area contributed by atoms with Crippen molar-refractivity contribution in [2.75, 3.05) is 18.5 Å². The molecule has 2 bridgehead atoms. The number of aromatic amines is 1. The summed E-state index contributed by atoms with van der Waals surface area (Å²) in [6.45, 7) is 2.66. The molecule has 0 saturated heterocycles. The first kappa shape index (κ1) is 15.6. The van der Waals surface area contributed by atoms with Gasteiger partial charge in [0.15, 0.2) is 17.3 Å². The quantitative estimate of drug-likeness (QED) is 0.667. The maximum absolute atomic E-state index is 14.4. The van der Waals surface area contributed by atoms with E-state index < -0.39 is 11.5 Å². The number of pyridine rings is 1. The molecule has 8 nitrogen and oxygen atoms in total. The molecule has 0 radical (unpaired) electrons. The van der Waals surface area contributed by atoms with E-state index in [1.54, 1.807) is 12.3 Å². The Kier molecular flexibility index (Phi) is 3.63. The molecular weight excluding hydrogens is 327 g/mol. The van der Waals surface area contributed by atoms with E-state index in [0.717, 1.165) is 23.6 Å². The molecule has 0 fully saturated rings. The number of rotatable bonds is 0. The predicted octanol–water partition coefficient (Wildman–Crippen LogP) is 1.64. The highest BCUT2D eigenvalue weighted by atomic mass is 19.1. The fourth-order valence-electron chi connectivity index (χ4n) is 2.98. The SMILES string of the molecule is C[C@@H]1CCCN(C)c2ncc(F)c(n2)-n2c(=O)[nH]c3nccc(c32)O1. The molecule has 25 heavy (non-hydrogen) atoms. The molecule has 0 aromatic carbocycles. The van der Waals surface area contributed by atoms with Crippen molar-refractivity contribution in [2.45, 2.75) is 25.9 Å². The Morgan fingerprint density at radius 3 is 3.08 bits per heavy atom. The van der Waals surface area contributed by atoms with Crippen LogP contribution in [-0.2, 0) is 0 Å². The van der Waals surface area contributed by atoms with E-state index in [1.165, 1.54) is 0 Å². The van der Waals surface area contributed by atoms with E-state index in [0.29, 0.717) is 29.4 Å². The maximum atomic E-state index is 14.4. The maximum Gasteiger partial charge on any atom is 0.333 e. The van der Waals surface area contributed by atoms with Crippen LogP contribution in [0.4, 0.5) is 10.3 Å². The highest BCUT2D eigenvalue weighted by molar-refractivity contribution is 5.80. The lowest BCUT2D eigenvalue weighted by atomic mass is 10.2. The van der Waals surface area contributed by atoms with Crippen molar-refractivity contribution < 1.29 is 9.13 Å².